The minimum absolute atomic E-state index is 0.0319. The first kappa shape index (κ1) is 14.0. The van der Waals surface area contributed by atoms with Crippen LogP contribution in [0.2, 0.25) is 0 Å². The van der Waals surface area contributed by atoms with E-state index in [2.05, 4.69) is 5.32 Å². The highest BCUT2D eigenvalue weighted by atomic mass is 19.1. The predicted octanol–water partition coefficient (Wildman–Crippen LogP) is -1.97. The number of nitrogens with one attached hydrogen (secondary N) is 1. The molecule has 106 valence electrons. The SMILES string of the molecule is N#C[C@@]1(F)C(N2CCC(O)NC2=O)O[C@H](CO)[C@H]1O. The Morgan fingerprint density at radius 3 is 2.84 bits per heavy atom. The zero-order chi connectivity index (χ0) is 14.2. The smallest absolute Gasteiger partial charge is 0.321 e. The highest BCUT2D eigenvalue weighted by Crippen LogP contribution is 2.36. The van der Waals surface area contributed by atoms with Gasteiger partial charge in [0.25, 0.3) is 5.67 Å². The fourth-order valence-corrected chi connectivity index (χ4v) is 2.20. The summed E-state index contributed by atoms with van der Waals surface area (Å²) in [5.74, 6) is 0. The molecule has 0 aromatic rings. The standard InChI is InChI=1S/C10H14FN3O5/c11-10(4-12)7(17)5(3-15)19-8(10)14-2-1-6(16)13-9(14)18/h5-8,15-17H,1-3H2,(H,13,18)/t5-,6?,7-,8?,10+/m1/s1. The Hall–Kier alpha value is -1.47. The number of nitriles is 1. The van der Waals surface area contributed by atoms with E-state index in [0.717, 1.165) is 4.90 Å². The third-order valence-electron chi connectivity index (χ3n) is 3.27. The molecule has 0 aliphatic carbocycles. The number of aliphatic hydroxyl groups excluding tert-OH is 3. The first-order valence-electron chi connectivity index (χ1n) is 5.73. The summed E-state index contributed by atoms with van der Waals surface area (Å²) in [6, 6.07) is 0.497. The van der Waals surface area contributed by atoms with E-state index in [9.17, 15) is 19.4 Å². The maximum atomic E-state index is 14.5. The van der Waals surface area contributed by atoms with Crippen LogP contribution < -0.4 is 5.32 Å². The van der Waals surface area contributed by atoms with Crippen LogP contribution in [0.25, 0.3) is 0 Å². The molecule has 0 spiro atoms. The van der Waals surface area contributed by atoms with Crippen molar-refractivity contribution in [2.75, 3.05) is 13.2 Å². The molecule has 0 bridgehead atoms. The summed E-state index contributed by atoms with van der Waals surface area (Å²) in [5.41, 5.74) is -2.83. The summed E-state index contributed by atoms with van der Waals surface area (Å²) in [6.07, 6.45) is -5.68. The van der Waals surface area contributed by atoms with Gasteiger partial charge < -0.3 is 25.4 Å². The van der Waals surface area contributed by atoms with Gasteiger partial charge in [-0.15, -0.1) is 0 Å². The summed E-state index contributed by atoms with van der Waals surface area (Å²) in [7, 11) is 0. The van der Waals surface area contributed by atoms with Crippen LogP contribution in [0.3, 0.4) is 0 Å². The lowest BCUT2D eigenvalue weighted by Crippen LogP contribution is -2.60. The van der Waals surface area contributed by atoms with E-state index < -0.39 is 43.0 Å². The number of carbonyl (C=O) groups excluding carboxylic acids is 1. The number of rotatable bonds is 2. The van der Waals surface area contributed by atoms with Crippen LogP contribution in [0.4, 0.5) is 9.18 Å². The van der Waals surface area contributed by atoms with E-state index in [1.54, 1.807) is 0 Å². The average Bonchev–Trinajstić information content (AvgIpc) is 2.63. The van der Waals surface area contributed by atoms with Gasteiger partial charge in [-0.05, 0) is 0 Å². The number of halogens is 1. The van der Waals surface area contributed by atoms with Gasteiger partial charge in [0.1, 0.15) is 24.5 Å². The minimum atomic E-state index is -2.83. The lowest BCUT2D eigenvalue weighted by atomic mass is 9.97. The summed E-state index contributed by atoms with van der Waals surface area (Å²) in [5, 5.41) is 38.9. The Labute approximate surface area is 108 Å². The molecule has 2 amide bonds. The lowest BCUT2D eigenvalue weighted by molar-refractivity contribution is -0.0895. The molecular formula is C10H14FN3O5. The molecule has 19 heavy (non-hydrogen) atoms. The van der Waals surface area contributed by atoms with Crippen LogP contribution in [0.1, 0.15) is 6.42 Å². The molecule has 2 unspecified atom stereocenters. The Balaban J connectivity index is 2.24. The van der Waals surface area contributed by atoms with Crippen molar-refractivity contribution < 1.29 is 29.2 Å². The molecule has 2 heterocycles. The molecule has 0 aromatic carbocycles. The first-order chi connectivity index (χ1) is 8.93. The Morgan fingerprint density at radius 2 is 2.32 bits per heavy atom. The molecule has 5 atom stereocenters. The number of aliphatic hydroxyl groups is 3. The Kier molecular flexibility index (Phi) is 3.60. The second kappa shape index (κ2) is 4.90. The molecule has 2 rings (SSSR count). The van der Waals surface area contributed by atoms with Crippen molar-refractivity contribution in [3.8, 4) is 6.07 Å². The maximum Gasteiger partial charge on any atom is 0.321 e. The second-order valence-electron chi connectivity index (χ2n) is 4.48. The molecule has 4 N–H and O–H groups in total. The van der Waals surface area contributed by atoms with E-state index in [-0.39, 0.29) is 13.0 Å². The van der Waals surface area contributed by atoms with Crippen LogP contribution in [-0.4, -0.2) is 69.7 Å². The zero-order valence-corrected chi connectivity index (χ0v) is 9.86. The predicted molar refractivity (Wildman–Crippen MR) is 57.1 cm³/mol. The van der Waals surface area contributed by atoms with Crippen molar-refractivity contribution in [3.63, 3.8) is 0 Å². The molecule has 0 saturated carbocycles. The summed E-state index contributed by atoms with van der Waals surface area (Å²) in [4.78, 5) is 12.5. The highest BCUT2D eigenvalue weighted by Gasteiger charge is 2.61. The number of hydrogen-bond donors (Lipinski definition) is 4. The highest BCUT2D eigenvalue weighted by molar-refractivity contribution is 5.75. The maximum absolute atomic E-state index is 14.5. The van der Waals surface area contributed by atoms with Crippen molar-refractivity contribution in [1.29, 1.82) is 5.26 Å². The number of alkyl halides is 1. The molecule has 2 aliphatic heterocycles. The van der Waals surface area contributed by atoms with E-state index >= 15 is 0 Å². The minimum Gasteiger partial charge on any atom is -0.394 e. The van der Waals surface area contributed by atoms with Crippen LogP contribution in [0.15, 0.2) is 0 Å². The average molecular weight is 275 g/mol. The third-order valence-corrected chi connectivity index (χ3v) is 3.27. The van der Waals surface area contributed by atoms with E-state index in [1.165, 1.54) is 6.07 Å². The normalized spacial score (nSPS) is 42.9. The molecule has 2 saturated heterocycles. The van der Waals surface area contributed by atoms with Gasteiger partial charge in [0.2, 0.25) is 0 Å². The van der Waals surface area contributed by atoms with Gasteiger partial charge in [0, 0.05) is 13.0 Å². The summed E-state index contributed by atoms with van der Waals surface area (Å²) in [6.45, 7) is -0.709. The molecule has 8 nitrogen and oxygen atoms in total. The first-order valence-corrected chi connectivity index (χ1v) is 5.73. The second-order valence-corrected chi connectivity index (χ2v) is 4.48. The monoisotopic (exact) mass is 275 g/mol. The van der Waals surface area contributed by atoms with Crippen LogP contribution in [-0.2, 0) is 4.74 Å². The van der Waals surface area contributed by atoms with Crippen molar-refractivity contribution in [2.45, 2.75) is 36.8 Å². The Morgan fingerprint density at radius 1 is 1.63 bits per heavy atom. The van der Waals surface area contributed by atoms with Crippen LogP contribution in [0.5, 0.6) is 0 Å². The van der Waals surface area contributed by atoms with Gasteiger partial charge >= 0.3 is 6.03 Å². The van der Waals surface area contributed by atoms with Crippen LogP contribution in [0, 0.1) is 11.3 Å². The van der Waals surface area contributed by atoms with E-state index in [4.69, 9.17) is 15.1 Å². The number of carbonyl (C=O) groups is 1. The largest absolute Gasteiger partial charge is 0.394 e. The van der Waals surface area contributed by atoms with E-state index in [0.29, 0.717) is 0 Å². The number of urea groups is 1. The quantitative estimate of drug-likeness (QED) is 0.463. The van der Waals surface area contributed by atoms with Gasteiger partial charge in [-0.1, -0.05) is 0 Å². The molecule has 2 fully saturated rings. The number of hydrogen-bond acceptors (Lipinski definition) is 6. The molecule has 0 aromatic heterocycles. The van der Waals surface area contributed by atoms with Gasteiger partial charge in [-0.25, -0.2) is 9.18 Å². The zero-order valence-electron chi connectivity index (χ0n) is 9.86. The van der Waals surface area contributed by atoms with Crippen molar-refractivity contribution in [2.24, 2.45) is 0 Å². The molecular weight excluding hydrogens is 261 g/mol. The van der Waals surface area contributed by atoms with Crippen molar-refractivity contribution >= 4 is 6.03 Å². The van der Waals surface area contributed by atoms with Gasteiger partial charge in [-0.2, -0.15) is 5.26 Å². The summed E-state index contributed by atoms with van der Waals surface area (Å²) >= 11 is 0. The molecule has 0 radical (unpaired) electrons. The fraction of sp³-hybridized carbons (Fsp3) is 0.800. The van der Waals surface area contributed by atoms with Crippen molar-refractivity contribution in [1.82, 2.24) is 10.2 Å². The van der Waals surface area contributed by atoms with Crippen LogP contribution >= 0.6 is 0 Å². The summed E-state index contributed by atoms with van der Waals surface area (Å²) < 4.78 is 19.5. The number of amides is 2. The van der Waals surface area contributed by atoms with Gasteiger partial charge in [0.15, 0.2) is 6.23 Å². The van der Waals surface area contributed by atoms with Gasteiger partial charge in [0.05, 0.1) is 6.61 Å². The Bertz CT molecular complexity index is 416. The number of ether oxygens (including phenoxy) is 1. The fourth-order valence-electron chi connectivity index (χ4n) is 2.20. The molecule has 9 heteroatoms. The number of nitrogens with zero attached hydrogens (tertiary/aromatic N) is 2. The van der Waals surface area contributed by atoms with E-state index in [1.807, 2.05) is 0 Å². The topological polar surface area (TPSA) is 126 Å². The third kappa shape index (κ3) is 2.12. The molecule has 2 aliphatic rings. The lowest BCUT2D eigenvalue weighted by Gasteiger charge is -2.36. The van der Waals surface area contributed by atoms with Crippen molar-refractivity contribution in [3.05, 3.63) is 0 Å². The van der Waals surface area contributed by atoms with Gasteiger partial charge in [-0.3, -0.25) is 4.90 Å².